The molecule has 0 heterocycles. The summed E-state index contributed by atoms with van der Waals surface area (Å²) in [5, 5.41) is 0. The Morgan fingerprint density at radius 1 is 0.569 bits per heavy atom. The van der Waals surface area contributed by atoms with Crippen molar-refractivity contribution in [3.05, 3.63) is 0 Å². The smallest absolute Gasteiger partial charge is 0.311 e. The van der Waals surface area contributed by atoms with Gasteiger partial charge in [-0.3, -0.25) is 14.4 Å². The number of hydrogen-bond donors (Lipinski definition) is 0. The summed E-state index contributed by atoms with van der Waals surface area (Å²) >= 11 is 0. The Bertz CT molecular complexity index is 912. The quantitative estimate of drug-likeness (QED) is 0.0389. The van der Waals surface area contributed by atoms with E-state index in [1.165, 1.54) is 19.3 Å². The third-order valence-electron chi connectivity index (χ3n) is 9.08. The zero-order chi connectivity index (χ0) is 40.4. The molecule has 11 heteroatoms. The van der Waals surface area contributed by atoms with Gasteiger partial charge in [-0.1, -0.05) is 53.9 Å². The zero-order valence-corrected chi connectivity index (χ0v) is 38.6. The Balaban J connectivity index is -0.000000681. The monoisotopic (exact) mass is 765 g/mol. The molecule has 9 nitrogen and oxygen atoms in total. The second-order valence-corrected chi connectivity index (χ2v) is 25.9. The van der Waals surface area contributed by atoms with E-state index in [4.69, 9.17) is 27.8 Å². The Hall–Kier alpha value is -1.28. The van der Waals surface area contributed by atoms with Gasteiger partial charge in [0.2, 0.25) is 0 Å². The average Bonchev–Trinajstić information content (AvgIpc) is 3.05. The zero-order valence-electron chi connectivity index (χ0n) is 36.6. The molecule has 0 aromatic heterocycles. The van der Waals surface area contributed by atoms with Crippen LogP contribution in [-0.2, 0) is 42.2 Å². The molecule has 0 aliphatic carbocycles. The first-order valence-corrected chi connectivity index (χ1v) is 26.3. The fraction of sp³-hybridized carbons (Fsp3) is 0.925. The Kier molecular flexibility index (Phi) is 29.9. The molecule has 0 saturated heterocycles. The van der Waals surface area contributed by atoms with Crippen LogP contribution in [0.1, 0.15) is 134 Å². The van der Waals surface area contributed by atoms with Gasteiger partial charge in [-0.05, 0) is 125 Å². The highest BCUT2D eigenvalue weighted by Crippen LogP contribution is 2.25. The van der Waals surface area contributed by atoms with E-state index in [0.29, 0.717) is 52.2 Å². The molecule has 51 heavy (non-hydrogen) atoms. The molecule has 306 valence electrons. The standard InChI is InChI=1S/C14H32O3Si2.C14H28O2.C12H24O4/c1-9-14(2,3)13(15)16-11-10-12-19(7,8)17-18(4,5)6;1-6-9-10-12(7-2)11-16-13(15)14(4,5)8-3;1-5-12(3,4)11(13)16-10-9-15-8-7-14-6-2/h9-12H2,1-8H3;12H,6-11H2,1-5H3;5-10H2,1-4H3. The van der Waals surface area contributed by atoms with Gasteiger partial charge in [-0.15, -0.1) is 0 Å². The molecular formula is C40H84O9Si2. The minimum atomic E-state index is -1.59. The van der Waals surface area contributed by atoms with Crippen LogP contribution >= 0.6 is 0 Å². The van der Waals surface area contributed by atoms with Crippen LogP contribution < -0.4 is 0 Å². The number of carbonyl (C=O) groups is 3. The van der Waals surface area contributed by atoms with Crippen LogP contribution in [-0.4, -0.2) is 80.8 Å². The summed E-state index contributed by atoms with van der Waals surface area (Å²) in [5.74, 6) is 0.241. The Labute approximate surface area is 317 Å². The highest BCUT2D eigenvalue weighted by molar-refractivity contribution is 6.84. The summed E-state index contributed by atoms with van der Waals surface area (Å²) in [6.45, 7) is 38.7. The molecule has 0 radical (unpaired) electrons. The SMILES string of the molecule is CCC(C)(C)C(=O)OCCC[Si](C)(C)O[Si](C)(C)C.CCCCC(CC)COC(=O)C(C)(C)CC.CCOCCOCCOC(=O)C(C)(C)CC. The molecule has 0 aliphatic heterocycles. The maximum atomic E-state index is 11.8. The van der Waals surface area contributed by atoms with Crippen molar-refractivity contribution in [3.63, 3.8) is 0 Å². The number of rotatable bonds is 25. The van der Waals surface area contributed by atoms with Crippen LogP contribution in [0.2, 0.25) is 38.8 Å². The van der Waals surface area contributed by atoms with Crippen molar-refractivity contribution < 1.29 is 42.2 Å². The summed E-state index contributed by atoms with van der Waals surface area (Å²) in [6.07, 6.45) is 8.04. The molecule has 0 bridgehead atoms. The summed E-state index contributed by atoms with van der Waals surface area (Å²) in [5.41, 5.74) is -1.09. The molecule has 1 atom stereocenters. The van der Waals surface area contributed by atoms with E-state index >= 15 is 0 Å². The van der Waals surface area contributed by atoms with E-state index in [9.17, 15) is 14.4 Å². The number of esters is 3. The number of carbonyl (C=O) groups excluding carboxylic acids is 3. The van der Waals surface area contributed by atoms with E-state index in [1.54, 1.807) is 0 Å². The van der Waals surface area contributed by atoms with Gasteiger partial charge in [0.25, 0.3) is 0 Å². The minimum Gasteiger partial charge on any atom is -0.465 e. The van der Waals surface area contributed by atoms with Crippen molar-refractivity contribution in [2.45, 2.75) is 173 Å². The van der Waals surface area contributed by atoms with Gasteiger partial charge < -0.3 is 27.8 Å². The number of hydrogen-bond acceptors (Lipinski definition) is 9. The van der Waals surface area contributed by atoms with Crippen molar-refractivity contribution in [1.82, 2.24) is 0 Å². The largest absolute Gasteiger partial charge is 0.465 e. The minimum absolute atomic E-state index is 0.0510. The molecule has 0 amide bonds. The molecule has 0 saturated carbocycles. The van der Waals surface area contributed by atoms with Crippen molar-refractivity contribution >= 4 is 34.5 Å². The molecule has 0 fully saturated rings. The third-order valence-corrected chi connectivity index (χ3v) is 15.3. The molecule has 1 unspecified atom stereocenters. The lowest BCUT2D eigenvalue weighted by Crippen LogP contribution is -2.42. The van der Waals surface area contributed by atoms with E-state index in [-0.39, 0.29) is 28.7 Å². The summed E-state index contributed by atoms with van der Waals surface area (Å²) in [6, 6.07) is 1.05. The van der Waals surface area contributed by atoms with Gasteiger partial charge in [-0.25, -0.2) is 0 Å². The molecular weight excluding hydrogens is 681 g/mol. The first-order chi connectivity index (χ1) is 23.4. The topological polar surface area (TPSA) is 107 Å². The molecule has 0 N–H and O–H groups in total. The molecule has 0 rings (SSSR count). The fourth-order valence-electron chi connectivity index (χ4n) is 4.21. The number of ether oxygens (including phenoxy) is 5. The number of unbranched alkanes of at least 4 members (excludes halogenated alkanes) is 1. The van der Waals surface area contributed by atoms with E-state index in [1.807, 2.05) is 69.2 Å². The van der Waals surface area contributed by atoms with Crippen LogP contribution in [0, 0.1) is 22.2 Å². The van der Waals surface area contributed by atoms with Gasteiger partial charge in [0.05, 0.1) is 49.3 Å². The second-order valence-electron chi connectivity index (χ2n) is 16.9. The lowest BCUT2D eigenvalue weighted by atomic mass is 9.90. The Morgan fingerprint density at radius 3 is 1.41 bits per heavy atom. The molecule has 0 aromatic rings. The van der Waals surface area contributed by atoms with Gasteiger partial charge in [0.1, 0.15) is 6.61 Å². The summed E-state index contributed by atoms with van der Waals surface area (Å²) < 4.78 is 32.5. The Morgan fingerprint density at radius 2 is 1.00 bits per heavy atom. The lowest BCUT2D eigenvalue weighted by Gasteiger charge is -2.31. The maximum absolute atomic E-state index is 11.8. The van der Waals surface area contributed by atoms with Crippen LogP contribution in [0.5, 0.6) is 0 Å². The van der Waals surface area contributed by atoms with Crippen molar-refractivity contribution in [2.75, 3.05) is 46.2 Å². The summed E-state index contributed by atoms with van der Waals surface area (Å²) in [7, 11) is -3.05. The van der Waals surface area contributed by atoms with Crippen LogP contribution in [0.15, 0.2) is 0 Å². The molecule has 0 aliphatic rings. The van der Waals surface area contributed by atoms with Crippen LogP contribution in [0.3, 0.4) is 0 Å². The normalized spacial score (nSPS) is 12.9. The van der Waals surface area contributed by atoms with E-state index < -0.39 is 22.0 Å². The van der Waals surface area contributed by atoms with Gasteiger partial charge >= 0.3 is 17.9 Å². The van der Waals surface area contributed by atoms with E-state index in [2.05, 4.69) is 46.6 Å². The van der Waals surface area contributed by atoms with Crippen molar-refractivity contribution in [1.29, 1.82) is 0 Å². The fourth-order valence-corrected chi connectivity index (χ4v) is 12.2. The predicted octanol–water partition coefficient (Wildman–Crippen LogP) is 10.6. The first-order valence-electron chi connectivity index (χ1n) is 19.8. The first kappa shape index (κ1) is 54.1. The van der Waals surface area contributed by atoms with Crippen molar-refractivity contribution in [2.24, 2.45) is 22.2 Å². The molecule has 0 aromatic carbocycles. The van der Waals surface area contributed by atoms with E-state index in [0.717, 1.165) is 38.1 Å². The molecule has 0 spiro atoms. The average molecular weight is 765 g/mol. The highest BCUT2D eigenvalue weighted by atomic mass is 28.4. The van der Waals surface area contributed by atoms with Gasteiger partial charge in [-0.2, -0.15) is 0 Å². The third kappa shape index (κ3) is 29.8. The van der Waals surface area contributed by atoms with Gasteiger partial charge in [0.15, 0.2) is 16.6 Å². The second kappa shape index (κ2) is 28.2. The van der Waals surface area contributed by atoms with Crippen LogP contribution in [0.25, 0.3) is 0 Å². The predicted molar refractivity (Wildman–Crippen MR) is 217 cm³/mol. The van der Waals surface area contributed by atoms with Crippen molar-refractivity contribution in [3.8, 4) is 0 Å². The lowest BCUT2D eigenvalue weighted by molar-refractivity contribution is -0.156. The maximum Gasteiger partial charge on any atom is 0.311 e. The highest BCUT2D eigenvalue weighted by Gasteiger charge is 2.31. The van der Waals surface area contributed by atoms with Gasteiger partial charge in [0, 0.05) is 6.61 Å². The van der Waals surface area contributed by atoms with Crippen LogP contribution in [0.4, 0.5) is 0 Å². The summed E-state index contributed by atoms with van der Waals surface area (Å²) in [4.78, 5) is 35.1.